The van der Waals surface area contributed by atoms with Gasteiger partial charge in [0.15, 0.2) is 0 Å². The highest BCUT2D eigenvalue weighted by Gasteiger charge is 2.35. The molecular formula is C15H18N2O3S. The van der Waals surface area contributed by atoms with Gasteiger partial charge in [-0.15, -0.1) is 0 Å². The minimum absolute atomic E-state index is 0.115. The van der Waals surface area contributed by atoms with Crippen molar-refractivity contribution >= 4 is 29.0 Å². The molecule has 1 unspecified atom stereocenters. The van der Waals surface area contributed by atoms with Crippen LogP contribution in [0.1, 0.15) is 18.9 Å². The molecule has 5 nitrogen and oxygen atoms in total. The van der Waals surface area contributed by atoms with Crippen LogP contribution in [0.4, 0.5) is 0 Å². The summed E-state index contributed by atoms with van der Waals surface area (Å²) < 4.78 is 5.55. The summed E-state index contributed by atoms with van der Waals surface area (Å²) in [5, 5.41) is 0. The molecule has 0 spiro atoms. The van der Waals surface area contributed by atoms with E-state index in [0.717, 1.165) is 5.56 Å². The monoisotopic (exact) mass is 306 g/mol. The first-order valence-corrected chi connectivity index (χ1v) is 7.22. The van der Waals surface area contributed by atoms with E-state index >= 15 is 0 Å². The Labute approximate surface area is 129 Å². The fourth-order valence-corrected chi connectivity index (χ4v) is 2.41. The first-order chi connectivity index (χ1) is 9.97. The van der Waals surface area contributed by atoms with Crippen LogP contribution in [0.3, 0.4) is 0 Å². The van der Waals surface area contributed by atoms with Crippen LogP contribution in [-0.2, 0) is 16.0 Å². The largest absolute Gasteiger partial charge is 0.492 e. The molecule has 2 N–H and O–H groups in total. The van der Waals surface area contributed by atoms with Crippen LogP contribution in [0.5, 0.6) is 5.75 Å². The van der Waals surface area contributed by atoms with Gasteiger partial charge in [-0.05, 0) is 17.7 Å². The molecule has 1 aromatic carbocycles. The molecule has 2 amide bonds. The Morgan fingerprint density at radius 3 is 2.57 bits per heavy atom. The smallest absolute Gasteiger partial charge is 0.232 e. The quantitative estimate of drug-likeness (QED) is 0.633. The molecule has 1 fully saturated rings. The molecule has 0 bridgehead atoms. The number of benzene rings is 1. The average molecular weight is 306 g/mol. The Morgan fingerprint density at radius 1 is 1.38 bits per heavy atom. The Bertz CT molecular complexity index is 557. The lowest BCUT2D eigenvalue weighted by Gasteiger charge is -2.15. The highest BCUT2D eigenvalue weighted by Crippen LogP contribution is 2.18. The number of imide groups is 1. The van der Waals surface area contributed by atoms with Crippen molar-refractivity contribution < 1.29 is 14.3 Å². The Kier molecular flexibility index (Phi) is 4.90. The summed E-state index contributed by atoms with van der Waals surface area (Å²) in [6.07, 6.45) is 0.858. The molecule has 1 saturated heterocycles. The molecule has 112 valence electrons. The molecule has 2 rings (SSSR count). The molecule has 0 aliphatic carbocycles. The lowest BCUT2D eigenvalue weighted by atomic mass is 10.1. The first-order valence-electron chi connectivity index (χ1n) is 6.81. The molecule has 6 heteroatoms. The summed E-state index contributed by atoms with van der Waals surface area (Å²) in [6.45, 7) is 2.34. The molecule has 1 heterocycles. The molecule has 0 aromatic heterocycles. The van der Waals surface area contributed by atoms with Gasteiger partial charge >= 0.3 is 0 Å². The standard InChI is InChI=1S/C15H18N2O3S/c1-10-8-14(18)17(15(10)19)6-7-20-12-4-2-11(3-5-12)9-13(16)21/h2-5,10H,6-9H2,1H3,(H2,16,21). The second-order valence-electron chi connectivity index (χ2n) is 5.12. The van der Waals surface area contributed by atoms with Crippen molar-refractivity contribution in [2.75, 3.05) is 13.2 Å². The van der Waals surface area contributed by atoms with E-state index in [1.807, 2.05) is 24.3 Å². The third-order valence-electron chi connectivity index (χ3n) is 3.35. The third kappa shape index (κ3) is 4.01. The summed E-state index contributed by atoms with van der Waals surface area (Å²) in [6, 6.07) is 7.43. The lowest BCUT2D eigenvalue weighted by Crippen LogP contribution is -2.34. The molecule has 1 aliphatic rings. The number of rotatable bonds is 6. The van der Waals surface area contributed by atoms with Crippen molar-refractivity contribution in [2.45, 2.75) is 19.8 Å². The zero-order valence-corrected chi connectivity index (χ0v) is 12.7. The van der Waals surface area contributed by atoms with Crippen LogP contribution in [0.25, 0.3) is 0 Å². The highest BCUT2D eigenvalue weighted by atomic mass is 32.1. The van der Waals surface area contributed by atoms with Gasteiger partial charge in [0, 0.05) is 18.8 Å². The number of carbonyl (C=O) groups is 2. The Balaban J connectivity index is 1.82. The molecule has 1 aliphatic heterocycles. The van der Waals surface area contributed by atoms with E-state index in [1.54, 1.807) is 6.92 Å². The zero-order chi connectivity index (χ0) is 15.4. The zero-order valence-electron chi connectivity index (χ0n) is 11.9. The summed E-state index contributed by atoms with van der Waals surface area (Å²) in [4.78, 5) is 25.1. The van der Waals surface area contributed by atoms with E-state index in [2.05, 4.69) is 0 Å². The van der Waals surface area contributed by atoms with Gasteiger partial charge in [0.2, 0.25) is 11.8 Å². The third-order valence-corrected chi connectivity index (χ3v) is 3.50. The van der Waals surface area contributed by atoms with Crippen LogP contribution < -0.4 is 10.5 Å². The predicted molar refractivity (Wildman–Crippen MR) is 82.9 cm³/mol. The highest BCUT2D eigenvalue weighted by molar-refractivity contribution is 7.80. The van der Waals surface area contributed by atoms with Crippen molar-refractivity contribution in [3.63, 3.8) is 0 Å². The molecular weight excluding hydrogens is 288 g/mol. The minimum atomic E-state index is -0.211. The normalized spacial score (nSPS) is 18.1. The lowest BCUT2D eigenvalue weighted by molar-refractivity contribution is -0.139. The summed E-state index contributed by atoms with van der Waals surface area (Å²) in [5.41, 5.74) is 6.50. The van der Waals surface area contributed by atoms with Gasteiger partial charge < -0.3 is 10.5 Å². The molecule has 1 atom stereocenters. The second-order valence-corrected chi connectivity index (χ2v) is 5.65. The second kappa shape index (κ2) is 6.67. The Morgan fingerprint density at radius 2 is 2.05 bits per heavy atom. The molecule has 0 radical (unpaired) electrons. The molecule has 1 aromatic rings. The summed E-state index contributed by atoms with van der Waals surface area (Å²) in [7, 11) is 0. The number of hydrogen-bond donors (Lipinski definition) is 1. The maximum absolute atomic E-state index is 11.7. The van der Waals surface area contributed by atoms with Gasteiger partial charge in [-0.3, -0.25) is 14.5 Å². The first kappa shape index (κ1) is 15.4. The van der Waals surface area contributed by atoms with Crippen LogP contribution in [0.15, 0.2) is 24.3 Å². The van der Waals surface area contributed by atoms with Gasteiger partial charge in [0.25, 0.3) is 0 Å². The average Bonchev–Trinajstić information content (AvgIpc) is 2.66. The number of nitrogens with two attached hydrogens (primary N) is 1. The number of amides is 2. The Hall–Kier alpha value is -1.95. The topological polar surface area (TPSA) is 72.6 Å². The summed E-state index contributed by atoms with van der Waals surface area (Å²) in [5.74, 6) is 0.240. The predicted octanol–water partition coefficient (Wildman–Crippen LogP) is 1.29. The van der Waals surface area contributed by atoms with Crippen molar-refractivity contribution in [3.05, 3.63) is 29.8 Å². The SMILES string of the molecule is CC1CC(=O)N(CCOc2ccc(CC(N)=S)cc2)C1=O. The fourth-order valence-electron chi connectivity index (χ4n) is 2.24. The molecule has 0 saturated carbocycles. The maximum Gasteiger partial charge on any atom is 0.232 e. The van der Waals surface area contributed by atoms with Gasteiger partial charge in [0.05, 0.1) is 11.5 Å². The van der Waals surface area contributed by atoms with Gasteiger partial charge in [0.1, 0.15) is 12.4 Å². The van der Waals surface area contributed by atoms with E-state index in [4.69, 9.17) is 22.7 Å². The van der Waals surface area contributed by atoms with Crippen LogP contribution >= 0.6 is 12.2 Å². The van der Waals surface area contributed by atoms with Crippen molar-refractivity contribution in [3.8, 4) is 5.75 Å². The van der Waals surface area contributed by atoms with E-state index in [0.29, 0.717) is 30.2 Å². The van der Waals surface area contributed by atoms with Gasteiger partial charge in [-0.25, -0.2) is 0 Å². The number of hydrogen-bond acceptors (Lipinski definition) is 4. The van der Waals surface area contributed by atoms with Gasteiger partial charge in [-0.1, -0.05) is 31.3 Å². The molecule has 21 heavy (non-hydrogen) atoms. The maximum atomic E-state index is 11.7. The van der Waals surface area contributed by atoms with E-state index in [9.17, 15) is 9.59 Å². The summed E-state index contributed by atoms with van der Waals surface area (Å²) >= 11 is 4.85. The number of ether oxygens (including phenoxy) is 1. The number of nitrogens with zero attached hydrogens (tertiary/aromatic N) is 1. The van der Waals surface area contributed by atoms with Crippen LogP contribution in [-0.4, -0.2) is 34.9 Å². The van der Waals surface area contributed by atoms with E-state index in [1.165, 1.54) is 4.90 Å². The van der Waals surface area contributed by atoms with Gasteiger partial charge in [-0.2, -0.15) is 0 Å². The minimum Gasteiger partial charge on any atom is -0.492 e. The van der Waals surface area contributed by atoms with Crippen LogP contribution in [0, 0.1) is 5.92 Å². The fraction of sp³-hybridized carbons (Fsp3) is 0.400. The number of carbonyl (C=O) groups excluding carboxylic acids is 2. The van der Waals surface area contributed by atoms with Crippen molar-refractivity contribution in [1.82, 2.24) is 4.90 Å². The number of thiocarbonyl (C=S) groups is 1. The number of likely N-dealkylation sites (tertiary alicyclic amines) is 1. The van der Waals surface area contributed by atoms with Crippen molar-refractivity contribution in [2.24, 2.45) is 11.7 Å². The van der Waals surface area contributed by atoms with Crippen LogP contribution in [0.2, 0.25) is 0 Å². The van der Waals surface area contributed by atoms with E-state index < -0.39 is 0 Å². The van der Waals surface area contributed by atoms with E-state index in [-0.39, 0.29) is 24.3 Å². The van der Waals surface area contributed by atoms with Crippen molar-refractivity contribution in [1.29, 1.82) is 0 Å².